The van der Waals surface area contributed by atoms with Gasteiger partial charge in [0.25, 0.3) is 11.6 Å². The summed E-state index contributed by atoms with van der Waals surface area (Å²) in [6.07, 6.45) is 3.30. The van der Waals surface area contributed by atoms with Crippen LogP contribution in [0.25, 0.3) is 5.69 Å². The van der Waals surface area contributed by atoms with Crippen LogP contribution >= 0.6 is 0 Å². The Labute approximate surface area is 144 Å². The fourth-order valence-electron chi connectivity index (χ4n) is 2.98. The van der Waals surface area contributed by atoms with Crippen molar-refractivity contribution in [3.8, 4) is 5.69 Å². The molecule has 1 aromatic carbocycles. The quantitative estimate of drug-likeness (QED) is 0.627. The molecule has 1 aliphatic heterocycles. The first-order chi connectivity index (χ1) is 12.1. The van der Waals surface area contributed by atoms with E-state index in [4.69, 9.17) is 0 Å². The fourth-order valence-corrected chi connectivity index (χ4v) is 2.98. The molecule has 1 fully saturated rings. The standard InChI is InChI=1S/C16H20N6O3/c1-2-8-20(14-6-7-17-10-14)16(23)15-11-21(19-18-15)12-4-3-5-13(9-12)22(24)25/h3-5,9,11,14,17H,2,6-8,10H2,1H3. The summed E-state index contributed by atoms with van der Waals surface area (Å²) in [6.45, 7) is 4.38. The monoisotopic (exact) mass is 344 g/mol. The number of benzene rings is 1. The average molecular weight is 344 g/mol. The first-order valence-electron chi connectivity index (χ1n) is 8.29. The molecule has 0 aliphatic carbocycles. The van der Waals surface area contributed by atoms with Crippen LogP contribution < -0.4 is 5.32 Å². The van der Waals surface area contributed by atoms with Crippen molar-refractivity contribution in [2.75, 3.05) is 19.6 Å². The number of aromatic nitrogens is 3. The van der Waals surface area contributed by atoms with E-state index in [-0.39, 0.29) is 23.3 Å². The topological polar surface area (TPSA) is 106 Å². The van der Waals surface area contributed by atoms with E-state index in [1.54, 1.807) is 12.1 Å². The normalized spacial score (nSPS) is 16.8. The molecular formula is C16H20N6O3. The summed E-state index contributed by atoms with van der Waals surface area (Å²) in [5, 5.41) is 22.1. The number of hydrogen-bond acceptors (Lipinski definition) is 6. The summed E-state index contributed by atoms with van der Waals surface area (Å²) in [4.78, 5) is 25.1. The number of non-ortho nitro benzene ring substituents is 1. The van der Waals surface area contributed by atoms with Gasteiger partial charge in [-0.05, 0) is 25.5 Å². The fraction of sp³-hybridized carbons (Fsp3) is 0.438. The summed E-state index contributed by atoms with van der Waals surface area (Å²) in [5.41, 5.74) is 0.697. The summed E-state index contributed by atoms with van der Waals surface area (Å²) in [5.74, 6) is -0.160. The zero-order valence-electron chi connectivity index (χ0n) is 14.0. The Balaban J connectivity index is 1.83. The molecular weight excluding hydrogens is 324 g/mol. The molecule has 132 valence electrons. The van der Waals surface area contributed by atoms with Gasteiger partial charge < -0.3 is 10.2 Å². The molecule has 1 atom stereocenters. The van der Waals surface area contributed by atoms with Crippen molar-refractivity contribution in [1.29, 1.82) is 0 Å². The van der Waals surface area contributed by atoms with E-state index in [0.29, 0.717) is 12.2 Å². The van der Waals surface area contributed by atoms with Gasteiger partial charge >= 0.3 is 0 Å². The highest BCUT2D eigenvalue weighted by atomic mass is 16.6. The Kier molecular flexibility index (Phi) is 5.03. The molecule has 9 nitrogen and oxygen atoms in total. The summed E-state index contributed by atoms with van der Waals surface area (Å²) in [7, 11) is 0. The first-order valence-corrected chi connectivity index (χ1v) is 8.29. The van der Waals surface area contributed by atoms with Gasteiger partial charge in [0, 0.05) is 31.3 Å². The molecule has 1 aliphatic rings. The van der Waals surface area contributed by atoms with E-state index in [2.05, 4.69) is 15.6 Å². The molecule has 1 amide bonds. The lowest BCUT2D eigenvalue weighted by molar-refractivity contribution is -0.384. The molecule has 1 aromatic heterocycles. The van der Waals surface area contributed by atoms with Crippen LogP contribution in [-0.2, 0) is 0 Å². The van der Waals surface area contributed by atoms with Crippen LogP contribution in [0.3, 0.4) is 0 Å². The molecule has 1 N–H and O–H groups in total. The Bertz CT molecular complexity index is 769. The van der Waals surface area contributed by atoms with Crippen molar-refractivity contribution in [3.05, 3.63) is 46.3 Å². The van der Waals surface area contributed by atoms with Crippen molar-refractivity contribution >= 4 is 11.6 Å². The van der Waals surface area contributed by atoms with Gasteiger partial charge in [0.15, 0.2) is 5.69 Å². The molecule has 0 bridgehead atoms. The number of carbonyl (C=O) groups is 1. The number of nitro benzene ring substituents is 1. The predicted octanol–water partition coefficient (Wildman–Crippen LogP) is 1.39. The number of carbonyl (C=O) groups excluding carboxylic acids is 1. The van der Waals surface area contributed by atoms with Gasteiger partial charge in [0.05, 0.1) is 16.8 Å². The zero-order valence-corrected chi connectivity index (χ0v) is 14.0. The minimum atomic E-state index is -0.470. The van der Waals surface area contributed by atoms with E-state index < -0.39 is 4.92 Å². The number of amides is 1. The molecule has 2 aromatic rings. The van der Waals surface area contributed by atoms with Crippen LogP contribution in [0.2, 0.25) is 0 Å². The third-order valence-electron chi connectivity index (χ3n) is 4.22. The van der Waals surface area contributed by atoms with Crippen molar-refractivity contribution in [1.82, 2.24) is 25.2 Å². The van der Waals surface area contributed by atoms with Crippen LogP contribution in [0.1, 0.15) is 30.3 Å². The van der Waals surface area contributed by atoms with Crippen molar-refractivity contribution < 1.29 is 9.72 Å². The Hall–Kier alpha value is -2.81. The minimum Gasteiger partial charge on any atom is -0.333 e. The van der Waals surface area contributed by atoms with Crippen LogP contribution in [0.5, 0.6) is 0 Å². The van der Waals surface area contributed by atoms with E-state index >= 15 is 0 Å². The number of rotatable bonds is 6. The second-order valence-corrected chi connectivity index (χ2v) is 5.97. The molecule has 0 spiro atoms. The predicted molar refractivity (Wildman–Crippen MR) is 90.6 cm³/mol. The largest absolute Gasteiger partial charge is 0.333 e. The maximum Gasteiger partial charge on any atom is 0.276 e. The Morgan fingerprint density at radius 2 is 2.36 bits per heavy atom. The molecule has 2 heterocycles. The summed E-state index contributed by atoms with van der Waals surface area (Å²) >= 11 is 0. The molecule has 9 heteroatoms. The SMILES string of the molecule is CCCN(C(=O)c1cn(-c2cccc([N+](=O)[O-])c2)nn1)C1CCNC1. The molecule has 1 unspecified atom stereocenters. The Morgan fingerprint density at radius 3 is 3.04 bits per heavy atom. The zero-order chi connectivity index (χ0) is 17.8. The van der Waals surface area contributed by atoms with Crippen LogP contribution in [0, 0.1) is 10.1 Å². The lowest BCUT2D eigenvalue weighted by Gasteiger charge is -2.27. The van der Waals surface area contributed by atoms with Crippen LogP contribution in [0.4, 0.5) is 5.69 Å². The lowest BCUT2D eigenvalue weighted by atomic mass is 10.2. The van der Waals surface area contributed by atoms with E-state index in [1.165, 1.54) is 23.0 Å². The number of nitrogens with zero attached hydrogens (tertiary/aromatic N) is 5. The molecule has 3 rings (SSSR count). The third kappa shape index (κ3) is 3.66. The van der Waals surface area contributed by atoms with Gasteiger partial charge in [0.2, 0.25) is 0 Å². The minimum absolute atomic E-state index is 0.0366. The molecule has 25 heavy (non-hydrogen) atoms. The van der Waals surface area contributed by atoms with Gasteiger partial charge in [-0.3, -0.25) is 14.9 Å². The van der Waals surface area contributed by atoms with Gasteiger partial charge in [0.1, 0.15) is 0 Å². The first kappa shape index (κ1) is 17.0. The second kappa shape index (κ2) is 7.39. The summed E-state index contributed by atoms with van der Waals surface area (Å²) < 4.78 is 1.39. The van der Waals surface area contributed by atoms with Crippen molar-refractivity contribution in [3.63, 3.8) is 0 Å². The lowest BCUT2D eigenvalue weighted by Crippen LogP contribution is -2.42. The molecule has 0 saturated carbocycles. The van der Waals surface area contributed by atoms with E-state index in [9.17, 15) is 14.9 Å². The Morgan fingerprint density at radius 1 is 1.52 bits per heavy atom. The third-order valence-corrected chi connectivity index (χ3v) is 4.22. The number of nitro groups is 1. The highest BCUT2D eigenvalue weighted by Crippen LogP contribution is 2.17. The molecule has 0 radical (unpaired) electrons. The van der Waals surface area contributed by atoms with Crippen molar-refractivity contribution in [2.45, 2.75) is 25.8 Å². The number of hydrogen-bond donors (Lipinski definition) is 1. The average Bonchev–Trinajstić information content (AvgIpc) is 3.31. The van der Waals surface area contributed by atoms with Crippen molar-refractivity contribution in [2.24, 2.45) is 0 Å². The van der Waals surface area contributed by atoms with Gasteiger partial charge in [-0.1, -0.05) is 18.2 Å². The van der Waals surface area contributed by atoms with E-state index in [1.807, 2.05) is 11.8 Å². The van der Waals surface area contributed by atoms with Crippen LogP contribution in [-0.4, -0.2) is 56.4 Å². The summed E-state index contributed by atoms with van der Waals surface area (Å²) in [6, 6.07) is 6.22. The van der Waals surface area contributed by atoms with Gasteiger partial charge in [-0.25, -0.2) is 4.68 Å². The smallest absolute Gasteiger partial charge is 0.276 e. The second-order valence-electron chi connectivity index (χ2n) is 5.97. The van der Waals surface area contributed by atoms with Crippen LogP contribution in [0.15, 0.2) is 30.5 Å². The van der Waals surface area contributed by atoms with E-state index in [0.717, 1.165) is 25.9 Å². The molecule has 1 saturated heterocycles. The highest BCUT2D eigenvalue weighted by molar-refractivity contribution is 5.92. The maximum atomic E-state index is 12.8. The highest BCUT2D eigenvalue weighted by Gasteiger charge is 2.28. The van der Waals surface area contributed by atoms with Gasteiger partial charge in [-0.2, -0.15) is 0 Å². The number of nitrogens with one attached hydrogen (secondary N) is 1. The maximum absolute atomic E-state index is 12.8. The van der Waals surface area contributed by atoms with Gasteiger partial charge in [-0.15, -0.1) is 5.10 Å².